The van der Waals surface area contributed by atoms with Gasteiger partial charge in [0, 0.05) is 25.9 Å². The molecule has 2 aliphatic rings. The highest BCUT2D eigenvalue weighted by molar-refractivity contribution is 5.99. The maximum absolute atomic E-state index is 13.3. The molecule has 0 radical (unpaired) electrons. The number of halogens is 1. The van der Waals surface area contributed by atoms with Gasteiger partial charge in [0.1, 0.15) is 23.7 Å². The lowest BCUT2D eigenvalue weighted by molar-refractivity contribution is -0.135. The number of aromatic hydroxyl groups is 1. The van der Waals surface area contributed by atoms with E-state index in [9.17, 15) is 19.1 Å². The third-order valence-corrected chi connectivity index (χ3v) is 6.28. The number of ether oxygens (including phenoxy) is 1. The number of carbonyl (C=O) groups excluding carboxylic acids is 2. The Morgan fingerprint density at radius 3 is 2.29 bits per heavy atom. The average Bonchev–Trinajstić information content (AvgIpc) is 3.69. The zero-order chi connectivity index (χ0) is 23.7. The number of aromatic nitrogens is 2. The van der Waals surface area contributed by atoms with Gasteiger partial charge in [0.05, 0.1) is 11.0 Å². The smallest absolute Gasteiger partial charge is 0.276 e. The number of nitrogens with one attached hydrogen (secondary N) is 1. The van der Waals surface area contributed by atoms with Crippen LogP contribution in [0.2, 0.25) is 0 Å². The third kappa shape index (κ3) is 4.78. The molecule has 1 aliphatic carbocycles. The van der Waals surface area contributed by atoms with Crippen LogP contribution in [0.4, 0.5) is 4.39 Å². The number of amides is 2. The fourth-order valence-corrected chi connectivity index (χ4v) is 4.26. The minimum absolute atomic E-state index is 0.0618. The van der Waals surface area contributed by atoms with Crippen molar-refractivity contribution in [2.45, 2.75) is 37.8 Å². The Labute approximate surface area is 195 Å². The van der Waals surface area contributed by atoms with Crippen molar-refractivity contribution in [3.8, 4) is 11.6 Å². The van der Waals surface area contributed by atoms with Crippen LogP contribution in [0, 0.1) is 11.7 Å². The Hall–Kier alpha value is -3.75. The highest BCUT2D eigenvalue weighted by Gasteiger charge is 2.41. The van der Waals surface area contributed by atoms with E-state index in [1.165, 1.54) is 12.1 Å². The van der Waals surface area contributed by atoms with Gasteiger partial charge in [-0.05, 0) is 55.2 Å². The second-order valence-electron chi connectivity index (χ2n) is 8.77. The van der Waals surface area contributed by atoms with Crippen LogP contribution in [-0.4, -0.2) is 57.0 Å². The summed E-state index contributed by atoms with van der Waals surface area (Å²) in [5, 5.41) is 13.0. The molecule has 1 saturated carbocycles. The summed E-state index contributed by atoms with van der Waals surface area (Å²) in [7, 11) is 0. The van der Waals surface area contributed by atoms with Gasteiger partial charge >= 0.3 is 0 Å². The lowest BCUT2D eigenvalue weighted by Gasteiger charge is -2.34. The molecule has 3 aromatic rings. The highest BCUT2D eigenvalue weighted by Crippen LogP contribution is 2.34. The molecule has 1 aromatic heterocycles. The minimum Gasteiger partial charge on any atom is -0.492 e. The van der Waals surface area contributed by atoms with Crippen molar-refractivity contribution in [2.75, 3.05) is 13.1 Å². The summed E-state index contributed by atoms with van der Waals surface area (Å²) in [4.78, 5) is 36.2. The molecule has 2 heterocycles. The maximum atomic E-state index is 13.3. The Balaban J connectivity index is 1.22. The summed E-state index contributed by atoms with van der Waals surface area (Å²) in [5.41, 5.74) is 0.781. The van der Waals surface area contributed by atoms with Crippen molar-refractivity contribution in [1.82, 2.24) is 20.2 Å². The van der Waals surface area contributed by atoms with E-state index < -0.39 is 17.8 Å². The molecule has 1 saturated heterocycles. The van der Waals surface area contributed by atoms with E-state index in [0.717, 1.165) is 12.8 Å². The van der Waals surface area contributed by atoms with Crippen LogP contribution in [0.5, 0.6) is 11.6 Å². The van der Waals surface area contributed by atoms with Crippen LogP contribution in [0.25, 0.3) is 11.0 Å². The molecule has 2 aromatic carbocycles. The molecule has 9 heteroatoms. The summed E-state index contributed by atoms with van der Waals surface area (Å²) in [6.45, 7) is 1.01. The van der Waals surface area contributed by atoms with Crippen molar-refractivity contribution < 1.29 is 23.8 Å². The second kappa shape index (κ2) is 9.24. The van der Waals surface area contributed by atoms with E-state index in [2.05, 4.69) is 15.3 Å². The van der Waals surface area contributed by atoms with E-state index in [0.29, 0.717) is 42.7 Å². The van der Waals surface area contributed by atoms with Crippen molar-refractivity contribution >= 4 is 22.8 Å². The fraction of sp³-hybridized carbons (Fsp3) is 0.360. The first-order valence-corrected chi connectivity index (χ1v) is 11.5. The molecule has 5 rings (SSSR count). The summed E-state index contributed by atoms with van der Waals surface area (Å²) in [6.07, 6.45) is 2.94. The number of likely N-dealkylation sites (tertiary alicyclic amines) is 1. The molecule has 8 nitrogen and oxygen atoms in total. The minimum atomic E-state index is -0.672. The Morgan fingerprint density at radius 2 is 1.65 bits per heavy atom. The van der Waals surface area contributed by atoms with Crippen LogP contribution in [0.1, 0.15) is 36.2 Å². The number of rotatable bonds is 6. The number of piperidine rings is 1. The second-order valence-corrected chi connectivity index (χ2v) is 8.77. The predicted molar refractivity (Wildman–Crippen MR) is 122 cm³/mol. The molecule has 34 heavy (non-hydrogen) atoms. The van der Waals surface area contributed by atoms with Gasteiger partial charge in [0.25, 0.3) is 5.91 Å². The summed E-state index contributed by atoms with van der Waals surface area (Å²) in [6, 6.07) is 12.2. The summed E-state index contributed by atoms with van der Waals surface area (Å²) < 4.78 is 19.0. The Kier molecular flexibility index (Phi) is 6.00. The standard InChI is InChI=1S/C25H25FN4O4/c26-16-7-9-17(10-8-16)34-18-11-13-30(14-12-18)25(33)21(15-5-6-15)29-24(32)22-23(31)28-20-4-2-1-3-19(20)27-22/h1-4,7-10,15,18,21H,5-6,11-14H2,(H,28,31)(H,29,32)/t21-/m0/s1. The largest absolute Gasteiger partial charge is 0.492 e. The van der Waals surface area contributed by atoms with E-state index in [-0.39, 0.29) is 29.4 Å². The van der Waals surface area contributed by atoms with E-state index in [1.807, 2.05) is 0 Å². The zero-order valence-electron chi connectivity index (χ0n) is 18.5. The molecular weight excluding hydrogens is 439 g/mol. The molecular formula is C25H25FN4O4. The fourth-order valence-electron chi connectivity index (χ4n) is 4.26. The maximum Gasteiger partial charge on any atom is 0.276 e. The summed E-state index contributed by atoms with van der Waals surface area (Å²) >= 11 is 0. The lowest BCUT2D eigenvalue weighted by Crippen LogP contribution is -2.52. The van der Waals surface area contributed by atoms with Crippen LogP contribution < -0.4 is 10.1 Å². The number of hydrogen-bond donors (Lipinski definition) is 2. The van der Waals surface area contributed by atoms with Crippen LogP contribution in [0.3, 0.4) is 0 Å². The van der Waals surface area contributed by atoms with Crippen molar-refractivity contribution in [1.29, 1.82) is 0 Å². The van der Waals surface area contributed by atoms with Crippen LogP contribution in [0.15, 0.2) is 48.5 Å². The highest BCUT2D eigenvalue weighted by atomic mass is 19.1. The first-order valence-electron chi connectivity index (χ1n) is 11.5. The van der Waals surface area contributed by atoms with E-state index >= 15 is 0 Å². The number of para-hydroxylation sites is 2. The monoisotopic (exact) mass is 464 g/mol. The molecule has 2 fully saturated rings. The van der Waals surface area contributed by atoms with Crippen molar-refractivity contribution in [3.05, 3.63) is 60.0 Å². The molecule has 176 valence electrons. The number of fused-ring (bicyclic) bond motifs is 1. The molecule has 2 N–H and O–H groups in total. The molecule has 1 aliphatic heterocycles. The lowest BCUT2D eigenvalue weighted by atomic mass is 10.0. The first-order chi connectivity index (χ1) is 16.5. The third-order valence-electron chi connectivity index (χ3n) is 6.28. The Bertz CT molecular complexity index is 1210. The Morgan fingerprint density at radius 1 is 1.00 bits per heavy atom. The topological polar surface area (TPSA) is 105 Å². The van der Waals surface area contributed by atoms with E-state index in [1.54, 1.807) is 41.3 Å². The predicted octanol–water partition coefficient (Wildman–Crippen LogP) is 3.05. The summed E-state index contributed by atoms with van der Waals surface area (Å²) in [5.74, 6) is -0.855. The van der Waals surface area contributed by atoms with Crippen molar-refractivity contribution in [3.63, 3.8) is 0 Å². The molecule has 2 amide bonds. The van der Waals surface area contributed by atoms with Gasteiger partial charge in [-0.2, -0.15) is 0 Å². The average molecular weight is 464 g/mol. The van der Waals surface area contributed by atoms with Crippen molar-refractivity contribution in [2.24, 2.45) is 5.92 Å². The number of carbonyl (C=O) groups is 2. The van der Waals surface area contributed by atoms with Gasteiger partial charge in [-0.1, -0.05) is 12.1 Å². The van der Waals surface area contributed by atoms with Gasteiger partial charge in [-0.15, -0.1) is 0 Å². The number of nitrogens with zero attached hydrogens (tertiary/aromatic N) is 3. The molecule has 0 spiro atoms. The molecule has 1 atom stereocenters. The van der Waals surface area contributed by atoms with Gasteiger partial charge in [0.2, 0.25) is 11.8 Å². The van der Waals surface area contributed by atoms with Gasteiger partial charge < -0.3 is 20.1 Å². The number of benzene rings is 2. The van der Waals surface area contributed by atoms with E-state index in [4.69, 9.17) is 4.74 Å². The zero-order valence-corrected chi connectivity index (χ0v) is 18.5. The SMILES string of the molecule is O=C(N[C@H](C(=O)N1CCC(Oc2ccc(F)cc2)CC1)C1CC1)c1nc2ccccc2nc1O. The molecule has 0 unspecified atom stereocenters. The van der Waals surface area contributed by atoms with Gasteiger partial charge in [0.15, 0.2) is 5.69 Å². The quantitative estimate of drug-likeness (QED) is 0.581. The normalized spacial score (nSPS) is 17.4. The first kappa shape index (κ1) is 22.1. The van der Waals surface area contributed by atoms with Crippen LogP contribution in [-0.2, 0) is 4.79 Å². The van der Waals surface area contributed by atoms with Crippen LogP contribution >= 0.6 is 0 Å². The number of hydrogen-bond acceptors (Lipinski definition) is 6. The van der Waals surface area contributed by atoms with Gasteiger partial charge in [-0.3, -0.25) is 9.59 Å². The van der Waals surface area contributed by atoms with Gasteiger partial charge in [-0.25, -0.2) is 14.4 Å². The molecule has 0 bridgehead atoms.